The second-order valence-electron chi connectivity index (χ2n) is 3.33. The maximum atomic E-state index is 6.04. The molecule has 1 unspecified atom stereocenters. The summed E-state index contributed by atoms with van der Waals surface area (Å²) in [6.07, 6.45) is 1.16. The molecule has 2 rings (SSSR count). The summed E-state index contributed by atoms with van der Waals surface area (Å²) in [5.74, 6) is 1.34. The highest BCUT2D eigenvalue weighted by atomic mass is 35.5. The second-order valence-corrected chi connectivity index (χ2v) is 4.01. The van der Waals surface area contributed by atoms with Gasteiger partial charge in [0.05, 0.1) is 5.02 Å². The lowest BCUT2D eigenvalue weighted by molar-refractivity contribution is 0.255. The number of benzene rings is 1. The average molecular weight is 217 g/mol. The summed E-state index contributed by atoms with van der Waals surface area (Å²) in [4.78, 5) is 0. The van der Waals surface area contributed by atoms with E-state index in [4.69, 9.17) is 27.9 Å². The number of hydrogen-bond acceptors (Lipinski definition) is 1. The first-order chi connectivity index (χ1) is 6.20. The van der Waals surface area contributed by atoms with Crippen LogP contribution in [0.2, 0.25) is 5.02 Å². The van der Waals surface area contributed by atoms with Crippen LogP contribution >= 0.6 is 23.2 Å². The molecule has 1 aromatic carbocycles. The van der Waals surface area contributed by atoms with Crippen molar-refractivity contribution in [2.75, 3.05) is 0 Å². The van der Waals surface area contributed by atoms with Crippen LogP contribution < -0.4 is 4.74 Å². The maximum absolute atomic E-state index is 6.04. The molecule has 13 heavy (non-hydrogen) atoms. The van der Waals surface area contributed by atoms with Crippen molar-refractivity contribution < 1.29 is 4.74 Å². The van der Waals surface area contributed by atoms with Crippen LogP contribution in [-0.2, 0) is 12.3 Å². The molecule has 0 saturated carbocycles. The normalized spacial score (nSPS) is 19.8. The zero-order valence-electron chi connectivity index (χ0n) is 7.31. The van der Waals surface area contributed by atoms with Crippen molar-refractivity contribution in [1.29, 1.82) is 0 Å². The predicted octanol–water partition coefficient (Wildman–Crippen LogP) is 3.40. The summed E-state index contributed by atoms with van der Waals surface area (Å²) in [6, 6.07) is 3.93. The Morgan fingerprint density at radius 1 is 1.54 bits per heavy atom. The van der Waals surface area contributed by atoms with Crippen LogP contribution in [0.1, 0.15) is 18.1 Å². The van der Waals surface area contributed by atoms with Gasteiger partial charge in [0.1, 0.15) is 11.9 Å². The standard InChI is InChI=1S/C10H10Cl2O/c1-6-2-8-3-7(5-11)4-9(12)10(8)13-6/h3-4,6H,2,5H2,1H3. The molecule has 1 atom stereocenters. The Bertz CT molecular complexity index is 336. The van der Waals surface area contributed by atoms with E-state index in [1.54, 1.807) is 0 Å². The molecule has 0 saturated heterocycles. The lowest BCUT2D eigenvalue weighted by Crippen LogP contribution is -2.05. The first-order valence-electron chi connectivity index (χ1n) is 4.24. The van der Waals surface area contributed by atoms with Gasteiger partial charge in [-0.1, -0.05) is 17.7 Å². The quantitative estimate of drug-likeness (QED) is 0.655. The molecule has 1 aliphatic heterocycles. The van der Waals surface area contributed by atoms with Gasteiger partial charge < -0.3 is 4.74 Å². The topological polar surface area (TPSA) is 9.23 Å². The Labute approximate surface area is 87.6 Å². The lowest BCUT2D eigenvalue weighted by Gasteiger charge is -2.05. The van der Waals surface area contributed by atoms with E-state index in [2.05, 4.69) is 6.07 Å². The van der Waals surface area contributed by atoms with E-state index in [0.29, 0.717) is 10.9 Å². The fraction of sp³-hybridized carbons (Fsp3) is 0.400. The van der Waals surface area contributed by atoms with E-state index >= 15 is 0 Å². The van der Waals surface area contributed by atoms with Gasteiger partial charge >= 0.3 is 0 Å². The molecular formula is C10H10Cl2O. The highest BCUT2D eigenvalue weighted by Crippen LogP contribution is 2.37. The zero-order chi connectivity index (χ0) is 9.42. The SMILES string of the molecule is CC1Cc2cc(CCl)cc(Cl)c2O1. The van der Waals surface area contributed by atoms with E-state index in [1.165, 1.54) is 5.56 Å². The van der Waals surface area contributed by atoms with Crippen molar-refractivity contribution in [3.8, 4) is 5.75 Å². The molecule has 0 radical (unpaired) electrons. The van der Waals surface area contributed by atoms with Crippen LogP contribution in [0.15, 0.2) is 12.1 Å². The summed E-state index contributed by atoms with van der Waals surface area (Å²) in [7, 11) is 0. The molecule has 0 amide bonds. The van der Waals surface area contributed by atoms with Gasteiger partial charge in [-0.25, -0.2) is 0 Å². The summed E-state index contributed by atoms with van der Waals surface area (Å²) in [6.45, 7) is 2.04. The molecule has 0 fully saturated rings. The second kappa shape index (κ2) is 3.39. The van der Waals surface area contributed by atoms with Crippen molar-refractivity contribution in [2.24, 2.45) is 0 Å². The largest absolute Gasteiger partial charge is 0.489 e. The summed E-state index contributed by atoms with van der Waals surface area (Å²) in [5.41, 5.74) is 2.23. The third-order valence-corrected chi connectivity index (χ3v) is 2.75. The number of alkyl halides is 1. The van der Waals surface area contributed by atoms with E-state index < -0.39 is 0 Å². The third kappa shape index (κ3) is 1.63. The minimum atomic E-state index is 0.234. The Hall–Kier alpha value is -0.400. The van der Waals surface area contributed by atoms with E-state index in [0.717, 1.165) is 17.7 Å². The third-order valence-electron chi connectivity index (χ3n) is 2.16. The smallest absolute Gasteiger partial charge is 0.141 e. The van der Waals surface area contributed by atoms with Gasteiger partial charge in [-0.3, -0.25) is 0 Å². The van der Waals surface area contributed by atoms with Crippen molar-refractivity contribution in [1.82, 2.24) is 0 Å². The Morgan fingerprint density at radius 2 is 2.31 bits per heavy atom. The highest BCUT2D eigenvalue weighted by molar-refractivity contribution is 6.32. The summed E-state index contributed by atoms with van der Waals surface area (Å²) < 4.78 is 5.56. The van der Waals surface area contributed by atoms with Gasteiger partial charge in [0, 0.05) is 12.3 Å². The number of hydrogen-bond donors (Lipinski definition) is 0. The van der Waals surface area contributed by atoms with Crippen LogP contribution in [0, 0.1) is 0 Å². The van der Waals surface area contributed by atoms with Gasteiger partial charge in [0.15, 0.2) is 0 Å². The molecule has 1 aliphatic rings. The van der Waals surface area contributed by atoms with Crippen LogP contribution in [0.4, 0.5) is 0 Å². The van der Waals surface area contributed by atoms with Crippen molar-refractivity contribution in [2.45, 2.75) is 25.3 Å². The minimum Gasteiger partial charge on any atom is -0.489 e. The highest BCUT2D eigenvalue weighted by Gasteiger charge is 2.22. The predicted molar refractivity (Wildman–Crippen MR) is 54.8 cm³/mol. The molecule has 3 heteroatoms. The summed E-state index contributed by atoms with van der Waals surface area (Å²) in [5, 5.41) is 0.678. The van der Waals surface area contributed by atoms with E-state index in [9.17, 15) is 0 Å². The molecular weight excluding hydrogens is 207 g/mol. The number of rotatable bonds is 1. The molecule has 1 aromatic rings. The van der Waals surface area contributed by atoms with Crippen LogP contribution in [0.3, 0.4) is 0 Å². The lowest BCUT2D eigenvalue weighted by atomic mass is 10.1. The van der Waals surface area contributed by atoms with Crippen molar-refractivity contribution >= 4 is 23.2 Å². The number of ether oxygens (including phenoxy) is 1. The summed E-state index contributed by atoms with van der Waals surface area (Å²) >= 11 is 11.8. The van der Waals surface area contributed by atoms with E-state index in [-0.39, 0.29) is 6.10 Å². The minimum absolute atomic E-state index is 0.234. The van der Waals surface area contributed by atoms with Crippen LogP contribution in [-0.4, -0.2) is 6.10 Å². The fourth-order valence-electron chi connectivity index (χ4n) is 1.63. The average Bonchev–Trinajstić information content (AvgIpc) is 2.46. The van der Waals surface area contributed by atoms with Crippen LogP contribution in [0.5, 0.6) is 5.75 Å². The molecule has 1 heterocycles. The Kier molecular flexibility index (Phi) is 2.39. The Morgan fingerprint density at radius 3 is 3.00 bits per heavy atom. The molecule has 0 spiro atoms. The Balaban J connectivity index is 2.46. The zero-order valence-corrected chi connectivity index (χ0v) is 8.82. The fourth-order valence-corrected chi connectivity index (χ4v) is 2.09. The van der Waals surface area contributed by atoms with Gasteiger partial charge in [-0.15, -0.1) is 11.6 Å². The monoisotopic (exact) mass is 216 g/mol. The van der Waals surface area contributed by atoms with Crippen LogP contribution in [0.25, 0.3) is 0 Å². The molecule has 0 N–H and O–H groups in total. The molecule has 0 aromatic heterocycles. The first-order valence-corrected chi connectivity index (χ1v) is 5.16. The van der Waals surface area contributed by atoms with Crippen molar-refractivity contribution in [3.05, 3.63) is 28.3 Å². The molecule has 1 nitrogen and oxygen atoms in total. The molecule has 0 bridgehead atoms. The molecule has 70 valence electrons. The maximum Gasteiger partial charge on any atom is 0.141 e. The molecule has 0 aliphatic carbocycles. The number of halogens is 2. The van der Waals surface area contributed by atoms with Gasteiger partial charge in [-0.2, -0.15) is 0 Å². The van der Waals surface area contributed by atoms with E-state index in [1.807, 2.05) is 13.0 Å². The van der Waals surface area contributed by atoms with Gasteiger partial charge in [-0.05, 0) is 24.1 Å². The van der Waals surface area contributed by atoms with Gasteiger partial charge in [0.25, 0.3) is 0 Å². The van der Waals surface area contributed by atoms with Crippen molar-refractivity contribution in [3.63, 3.8) is 0 Å². The van der Waals surface area contributed by atoms with Gasteiger partial charge in [0.2, 0.25) is 0 Å². The first kappa shape index (κ1) is 9.17. The number of fused-ring (bicyclic) bond motifs is 1.